The van der Waals surface area contributed by atoms with E-state index in [2.05, 4.69) is 5.92 Å². The number of hydrogen-bond acceptors (Lipinski definition) is 3. The van der Waals surface area contributed by atoms with Crippen LogP contribution in [-0.4, -0.2) is 20.8 Å². The maximum atomic E-state index is 5.28. The highest BCUT2D eigenvalue weighted by molar-refractivity contribution is 5.45. The molecule has 0 heterocycles. The van der Waals surface area contributed by atoms with Crippen molar-refractivity contribution in [1.82, 2.24) is 0 Å². The summed E-state index contributed by atoms with van der Waals surface area (Å²) in [5.74, 6) is 4.32. The van der Waals surface area contributed by atoms with E-state index in [1.54, 1.807) is 32.4 Å². The largest absolute Gasteiger partial charge is 0.497 e. The molecule has 0 atom stereocenters. The summed E-state index contributed by atoms with van der Waals surface area (Å²) in [4.78, 5) is 0. The van der Waals surface area contributed by atoms with E-state index in [1.165, 1.54) is 0 Å². The van der Waals surface area contributed by atoms with Crippen LogP contribution in [0.5, 0.6) is 17.2 Å². The molecule has 1 aromatic rings. The fourth-order valence-electron chi connectivity index (χ4n) is 1.02. The van der Waals surface area contributed by atoms with E-state index in [0.29, 0.717) is 17.2 Å². The Balaban J connectivity index is 2.91. The number of methoxy groups -OCH3 is 2. The summed E-state index contributed by atoms with van der Waals surface area (Å²) in [6, 6.07) is 5.29. The Kier molecular flexibility index (Phi) is 3.69. The monoisotopic (exact) mass is 192 g/mol. The number of benzene rings is 1. The molecule has 1 rings (SSSR count). The topological polar surface area (TPSA) is 27.7 Å². The third kappa shape index (κ3) is 2.33. The summed E-state index contributed by atoms with van der Waals surface area (Å²) in [5.41, 5.74) is 0. The van der Waals surface area contributed by atoms with Gasteiger partial charge in [-0.3, -0.25) is 0 Å². The summed E-state index contributed by atoms with van der Waals surface area (Å²) in [6.07, 6.45) is 5.09. The number of rotatable bonds is 4. The molecule has 0 saturated carbocycles. The molecule has 0 amide bonds. The van der Waals surface area contributed by atoms with Gasteiger partial charge < -0.3 is 14.2 Å². The molecule has 14 heavy (non-hydrogen) atoms. The highest BCUT2D eigenvalue weighted by Gasteiger charge is 2.04. The fraction of sp³-hybridized carbons (Fsp3) is 0.273. The third-order valence-electron chi connectivity index (χ3n) is 1.68. The van der Waals surface area contributed by atoms with Crippen LogP contribution in [0.3, 0.4) is 0 Å². The Bertz CT molecular complexity index is 339. The Morgan fingerprint density at radius 2 is 2.00 bits per heavy atom. The van der Waals surface area contributed by atoms with Crippen LogP contribution in [0.25, 0.3) is 0 Å². The lowest BCUT2D eigenvalue weighted by molar-refractivity contribution is 0.326. The smallest absolute Gasteiger partial charge is 0.166 e. The minimum Gasteiger partial charge on any atom is -0.497 e. The highest BCUT2D eigenvalue weighted by atomic mass is 16.5. The van der Waals surface area contributed by atoms with Crippen LogP contribution < -0.4 is 14.2 Å². The lowest BCUT2D eigenvalue weighted by Gasteiger charge is -2.09. The van der Waals surface area contributed by atoms with Gasteiger partial charge >= 0.3 is 0 Å². The van der Waals surface area contributed by atoms with Gasteiger partial charge in [0.05, 0.1) is 14.2 Å². The second kappa shape index (κ2) is 5.03. The summed E-state index contributed by atoms with van der Waals surface area (Å²) in [7, 11) is 3.16. The van der Waals surface area contributed by atoms with Gasteiger partial charge in [0.15, 0.2) is 11.5 Å². The Morgan fingerprint density at radius 3 is 2.57 bits per heavy atom. The molecule has 0 radical (unpaired) electrons. The van der Waals surface area contributed by atoms with Crippen molar-refractivity contribution in [2.24, 2.45) is 0 Å². The van der Waals surface area contributed by atoms with Crippen LogP contribution >= 0.6 is 0 Å². The first kappa shape index (κ1) is 10.3. The maximum Gasteiger partial charge on any atom is 0.166 e. The van der Waals surface area contributed by atoms with Crippen molar-refractivity contribution in [1.29, 1.82) is 0 Å². The SMILES string of the molecule is C#CCOc1cc(OC)ccc1OC. The standard InChI is InChI=1S/C11H12O3/c1-4-7-14-11-8-9(12-2)5-6-10(11)13-3/h1,5-6,8H,7H2,2-3H3. The molecular weight excluding hydrogens is 180 g/mol. The van der Waals surface area contributed by atoms with Gasteiger partial charge in [-0.2, -0.15) is 0 Å². The zero-order valence-electron chi connectivity index (χ0n) is 8.24. The zero-order valence-corrected chi connectivity index (χ0v) is 8.24. The van der Waals surface area contributed by atoms with E-state index in [4.69, 9.17) is 20.6 Å². The van der Waals surface area contributed by atoms with Crippen LogP contribution in [0.4, 0.5) is 0 Å². The van der Waals surface area contributed by atoms with Gasteiger partial charge in [-0.25, -0.2) is 0 Å². The van der Waals surface area contributed by atoms with Gasteiger partial charge in [-0.15, -0.1) is 6.42 Å². The quantitative estimate of drug-likeness (QED) is 0.680. The van der Waals surface area contributed by atoms with Crippen molar-refractivity contribution in [3.8, 4) is 29.6 Å². The van der Waals surface area contributed by atoms with Gasteiger partial charge in [0.25, 0.3) is 0 Å². The highest BCUT2D eigenvalue weighted by Crippen LogP contribution is 2.30. The van der Waals surface area contributed by atoms with Gasteiger partial charge in [0.2, 0.25) is 0 Å². The molecule has 0 saturated heterocycles. The zero-order chi connectivity index (χ0) is 10.4. The molecule has 0 N–H and O–H groups in total. The first-order valence-electron chi connectivity index (χ1n) is 4.10. The van der Waals surface area contributed by atoms with Crippen molar-refractivity contribution in [3.05, 3.63) is 18.2 Å². The van der Waals surface area contributed by atoms with Crippen LogP contribution in [-0.2, 0) is 0 Å². The van der Waals surface area contributed by atoms with Gasteiger partial charge in [0.1, 0.15) is 12.4 Å². The molecule has 74 valence electrons. The lowest BCUT2D eigenvalue weighted by Crippen LogP contribution is -1.97. The number of ether oxygens (including phenoxy) is 3. The van der Waals surface area contributed by atoms with E-state index in [9.17, 15) is 0 Å². The molecule has 0 unspecified atom stereocenters. The average molecular weight is 192 g/mol. The van der Waals surface area contributed by atoms with Crippen molar-refractivity contribution >= 4 is 0 Å². The first-order chi connectivity index (χ1) is 6.81. The second-order valence-electron chi connectivity index (χ2n) is 2.51. The van der Waals surface area contributed by atoms with Gasteiger partial charge in [-0.1, -0.05) is 5.92 Å². The fourth-order valence-corrected chi connectivity index (χ4v) is 1.02. The second-order valence-corrected chi connectivity index (χ2v) is 2.51. The number of terminal acetylenes is 1. The van der Waals surface area contributed by atoms with E-state index < -0.39 is 0 Å². The minimum absolute atomic E-state index is 0.212. The Hall–Kier alpha value is -1.82. The molecule has 1 aromatic carbocycles. The van der Waals surface area contributed by atoms with Crippen LogP contribution in [0, 0.1) is 12.3 Å². The van der Waals surface area contributed by atoms with Crippen LogP contribution in [0.1, 0.15) is 0 Å². The Labute approximate surface area is 83.6 Å². The number of hydrogen-bond donors (Lipinski definition) is 0. The summed E-state index contributed by atoms with van der Waals surface area (Å²) < 4.78 is 15.4. The molecule has 0 aliphatic carbocycles. The molecule has 0 aromatic heterocycles. The van der Waals surface area contributed by atoms with E-state index in [1.807, 2.05) is 0 Å². The van der Waals surface area contributed by atoms with E-state index in [-0.39, 0.29) is 6.61 Å². The van der Waals surface area contributed by atoms with Gasteiger partial charge in [-0.05, 0) is 12.1 Å². The predicted molar refractivity (Wildman–Crippen MR) is 53.9 cm³/mol. The summed E-state index contributed by atoms with van der Waals surface area (Å²) in [6.45, 7) is 0.212. The van der Waals surface area contributed by atoms with Crippen molar-refractivity contribution in [3.63, 3.8) is 0 Å². The van der Waals surface area contributed by atoms with Crippen molar-refractivity contribution in [2.45, 2.75) is 0 Å². The molecule has 0 aliphatic heterocycles. The van der Waals surface area contributed by atoms with E-state index in [0.717, 1.165) is 0 Å². The predicted octanol–water partition coefficient (Wildman–Crippen LogP) is 1.72. The Morgan fingerprint density at radius 1 is 1.21 bits per heavy atom. The molecular formula is C11H12O3. The van der Waals surface area contributed by atoms with E-state index >= 15 is 0 Å². The third-order valence-corrected chi connectivity index (χ3v) is 1.68. The van der Waals surface area contributed by atoms with Crippen LogP contribution in [0.2, 0.25) is 0 Å². The maximum absolute atomic E-state index is 5.28. The normalized spacial score (nSPS) is 8.93. The van der Waals surface area contributed by atoms with Crippen molar-refractivity contribution < 1.29 is 14.2 Å². The van der Waals surface area contributed by atoms with Crippen LogP contribution in [0.15, 0.2) is 18.2 Å². The minimum atomic E-state index is 0.212. The molecule has 0 aliphatic rings. The first-order valence-corrected chi connectivity index (χ1v) is 4.10. The van der Waals surface area contributed by atoms with Gasteiger partial charge in [0, 0.05) is 6.07 Å². The summed E-state index contributed by atoms with van der Waals surface area (Å²) >= 11 is 0. The van der Waals surface area contributed by atoms with Crippen molar-refractivity contribution in [2.75, 3.05) is 20.8 Å². The molecule has 3 heteroatoms. The lowest BCUT2D eigenvalue weighted by atomic mass is 10.3. The molecule has 0 bridgehead atoms. The molecule has 3 nitrogen and oxygen atoms in total. The molecule has 0 spiro atoms. The molecule has 0 fully saturated rings. The average Bonchev–Trinajstić information content (AvgIpc) is 2.25. The summed E-state index contributed by atoms with van der Waals surface area (Å²) in [5, 5.41) is 0.